The van der Waals surface area contributed by atoms with Crippen LogP contribution in [0.15, 0.2) is 23.1 Å². The van der Waals surface area contributed by atoms with Crippen LogP contribution in [-0.2, 0) is 10.0 Å². The van der Waals surface area contributed by atoms with Crippen molar-refractivity contribution in [1.82, 2.24) is 4.31 Å². The summed E-state index contributed by atoms with van der Waals surface area (Å²) in [7, 11) is -1.86. The summed E-state index contributed by atoms with van der Waals surface area (Å²) >= 11 is 0. The average Bonchev–Trinajstić information content (AvgIpc) is 2.45. The van der Waals surface area contributed by atoms with Gasteiger partial charge in [-0.05, 0) is 30.5 Å². The summed E-state index contributed by atoms with van der Waals surface area (Å²) < 4.78 is 26.8. The first-order valence-electron chi connectivity index (χ1n) is 7.08. The number of aryl methyl sites for hydroxylation is 1. The van der Waals surface area contributed by atoms with Crippen LogP contribution < -0.4 is 5.73 Å². The topological polar surface area (TPSA) is 63.4 Å². The number of nitrogens with zero attached hydrogens (tertiary/aromatic N) is 1. The van der Waals surface area contributed by atoms with E-state index < -0.39 is 10.0 Å². The lowest BCUT2D eigenvalue weighted by Gasteiger charge is -2.21. The molecule has 1 aromatic rings. The summed E-state index contributed by atoms with van der Waals surface area (Å²) in [5.74, 6) is 5.94. The number of nitrogens with two attached hydrogens (primary N) is 1. The minimum Gasteiger partial charge on any atom is -0.320 e. The summed E-state index contributed by atoms with van der Waals surface area (Å²) in [5, 5.41) is 0. The molecule has 0 amide bonds. The molecule has 0 aliphatic rings. The molecule has 21 heavy (non-hydrogen) atoms. The molecule has 0 aliphatic carbocycles. The van der Waals surface area contributed by atoms with E-state index in [1.807, 2.05) is 13.0 Å². The molecule has 1 unspecified atom stereocenters. The highest BCUT2D eigenvalue weighted by Crippen LogP contribution is 2.21. The Morgan fingerprint density at radius 3 is 2.62 bits per heavy atom. The lowest BCUT2D eigenvalue weighted by atomic mass is 10.1. The van der Waals surface area contributed by atoms with E-state index in [0.29, 0.717) is 22.9 Å². The smallest absolute Gasteiger partial charge is 0.243 e. The van der Waals surface area contributed by atoms with Gasteiger partial charge < -0.3 is 5.73 Å². The van der Waals surface area contributed by atoms with E-state index in [1.54, 1.807) is 26.1 Å². The molecule has 0 spiro atoms. The summed E-state index contributed by atoms with van der Waals surface area (Å²) in [6.07, 6.45) is 0.945. The monoisotopic (exact) mass is 308 g/mol. The molecule has 0 heterocycles. The molecule has 5 heteroatoms. The van der Waals surface area contributed by atoms with Gasteiger partial charge in [-0.25, -0.2) is 12.7 Å². The number of benzene rings is 1. The Kier molecular flexibility index (Phi) is 6.41. The molecule has 0 saturated heterocycles. The van der Waals surface area contributed by atoms with Gasteiger partial charge >= 0.3 is 0 Å². The zero-order valence-corrected chi connectivity index (χ0v) is 14.0. The largest absolute Gasteiger partial charge is 0.320 e. The Labute approximate surface area is 128 Å². The van der Waals surface area contributed by atoms with Gasteiger partial charge in [0.25, 0.3) is 0 Å². The predicted molar refractivity (Wildman–Crippen MR) is 86.4 cm³/mol. The molecule has 0 bridgehead atoms. The lowest BCUT2D eigenvalue weighted by molar-refractivity contribution is 0.393. The second-order valence-corrected chi connectivity index (χ2v) is 7.30. The summed E-state index contributed by atoms with van der Waals surface area (Å²) in [6, 6.07) is 5.22. The SMILES string of the molecule is CCC(C)CN(C)S(=O)(=O)c1cc(C#CCN)ccc1C. The lowest BCUT2D eigenvalue weighted by Crippen LogP contribution is -2.31. The third-order valence-electron chi connectivity index (χ3n) is 3.48. The fraction of sp³-hybridized carbons (Fsp3) is 0.500. The van der Waals surface area contributed by atoms with Gasteiger partial charge in [-0.2, -0.15) is 0 Å². The summed E-state index contributed by atoms with van der Waals surface area (Å²) in [5.41, 5.74) is 6.74. The maximum Gasteiger partial charge on any atom is 0.243 e. The zero-order valence-electron chi connectivity index (χ0n) is 13.2. The van der Waals surface area contributed by atoms with Crippen LogP contribution in [0.2, 0.25) is 0 Å². The van der Waals surface area contributed by atoms with Crippen molar-refractivity contribution < 1.29 is 8.42 Å². The third-order valence-corrected chi connectivity index (χ3v) is 5.44. The van der Waals surface area contributed by atoms with E-state index in [-0.39, 0.29) is 6.54 Å². The molecule has 0 aliphatic heterocycles. The van der Waals surface area contributed by atoms with Gasteiger partial charge in [0.1, 0.15) is 0 Å². The summed E-state index contributed by atoms with van der Waals surface area (Å²) in [6.45, 7) is 6.66. The van der Waals surface area contributed by atoms with Gasteiger partial charge in [0.15, 0.2) is 0 Å². The van der Waals surface area contributed by atoms with E-state index >= 15 is 0 Å². The molecule has 0 radical (unpaired) electrons. The number of hydrogen-bond acceptors (Lipinski definition) is 3. The van der Waals surface area contributed by atoms with Crippen molar-refractivity contribution in [3.05, 3.63) is 29.3 Å². The van der Waals surface area contributed by atoms with Crippen molar-refractivity contribution in [3.8, 4) is 11.8 Å². The van der Waals surface area contributed by atoms with Gasteiger partial charge in [-0.15, -0.1) is 0 Å². The van der Waals surface area contributed by atoms with Crippen LogP contribution >= 0.6 is 0 Å². The van der Waals surface area contributed by atoms with Crippen LogP contribution in [0.4, 0.5) is 0 Å². The number of sulfonamides is 1. The van der Waals surface area contributed by atoms with Crippen molar-refractivity contribution >= 4 is 10.0 Å². The molecule has 4 nitrogen and oxygen atoms in total. The van der Waals surface area contributed by atoms with E-state index in [2.05, 4.69) is 18.8 Å². The highest BCUT2D eigenvalue weighted by atomic mass is 32.2. The van der Waals surface area contributed by atoms with Gasteiger partial charge in [0.05, 0.1) is 11.4 Å². The number of hydrogen-bond donors (Lipinski definition) is 1. The minimum atomic E-state index is -3.49. The Hall–Kier alpha value is -1.35. The molecular weight excluding hydrogens is 284 g/mol. The van der Waals surface area contributed by atoms with E-state index in [1.165, 1.54) is 4.31 Å². The zero-order chi connectivity index (χ0) is 16.0. The Morgan fingerprint density at radius 2 is 2.05 bits per heavy atom. The van der Waals surface area contributed by atoms with Crippen LogP contribution in [0.25, 0.3) is 0 Å². The second-order valence-electron chi connectivity index (χ2n) is 5.29. The van der Waals surface area contributed by atoms with Gasteiger partial charge in [-0.3, -0.25) is 0 Å². The van der Waals surface area contributed by atoms with Crippen LogP contribution in [-0.4, -0.2) is 32.9 Å². The Balaban J connectivity index is 3.18. The Morgan fingerprint density at radius 1 is 1.38 bits per heavy atom. The van der Waals surface area contributed by atoms with Crippen molar-refractivity contribution in [1.29, 1.82) is 0 Å². The molecule has 0 saturated carbocycles. The van der Waals surface area contributed by atoms with Crippen LogP contribution in [0.1, 0.15) is 31.4 Å². The molecule has 0 fully saturated rings. The van der Waals surface area contributed by atoms with Crippen LogP contribution in [0.5, 0.6) is 0 Å². The van der Waals surface area contributed by atoms with Crippen molar-refractivity contribution in [2.45, 2.75) is 32.1 Å². The minimum absolute atomic E-state index is 0.254. The van der Waals surface area contributed by atoms with Crippen LogP contribution in [0, 0.1) is 24.7 Å². The molecule has 116 valence electrons. The average molecular weight is 308 g/mol. The highest BCUT2D eigenvalue weighted by molar-refractivity contribution is 7.89. The molecular formula is C16H24N2O2S. The van der Waals surface area contributed by atoms with Gasteiger partial charge in [-0.1, -0.05) is 38.2 Å². The maximum absolute atomic E-state index is 12.7. The first-order chi connectivity index (χ1) is 9.82. The van der Waals surface area contributed by atoms with E-state index in [4.69, 9.17) is 5.73 Å². The molecule has 2 N–H and O–H groups in total. The van der Waals surface area contributed by atoms with Crippen molar-refractivity contribution in [2.24, 2.45) is 11.7 Å². The fourth-order valence-electron chi connectivity index (χ4n) is 1.94. The molecule has 1 rings (SSSR count). The standard InChI is InChI=1S/C16H24N2O2S/c1-5-13(2)12-18(4)21(19,20)16-11-15(7-6-10-17)9-8-14(16)3/h8-9,11,13H,5,10,12,17H2,1-4H3. The fourth-order valence-corrected chi connectivity index (χ4v) is 3.48. The normalized spacial score (nSPS) is 12.9. The van der Waals surface area contributed by atoms with E-state index in [0.717, 1.165) is 12.0 Å². The maximum atomic E-state index is 12.7. The Bertz CT molecular complexity index is 642. The van der Waals surface area contributed by atoms with Crippen LogP contribution in [0.3, 0.4) is 0 Å². The third kappa shape index (κ3) is 4.57. The quantitative estimate of drug-likeness (QED) is 0.846. The molecule has 1 atom stereocenters. The number of rotatable bonds is 5. The van der Waals surface area contributed by atoms with Crippen molar-refractivity contribution in [2.75, 3.05) is 20.1 Å². The van der Waals surface area contributed by atoms with Gasteiger partial charge in [0, 0.05) is 19.2 Å². The van der Waals surface area contributed by atoms with E-state index in [9.17, 15) is 8.42 Å². The molecule has 0 aromatic heterocycles. The van der Waals surface area contributed by atoms with Crippen molar-refractivity contribution in [3.63, 3.8) is 0 Å². The predicted octanol–water partition coefficient (Wildman–Crippen LogP) is 1.97. The highest BCUT2D eigenvalue weighted by Gasteiger charge is 2.24. The molecule has 1 aromatic carbocycles. The second kappa shape index (κ2) is 7.60. The summed E-state index contributed by atoms with van der Waals surface area (Å²) in [4.78, 5) is 0.317. The first kappa shape index (κ1) is 17.7. The van der Waals surface area contributed by atoms with Gasteiger partial charge in [0.2, 0.25) is 10.0 Å². The first-order valence-corrected chi connectivity index (χ1v) is 8.52.